The molecular formula is C28H40N4O6. The first kappa shape index (κ1) is 27.9. The first-order chi connectivity index (χ1) is 18.4. The Morgan fingerprint density at radius 1 is 1.03 bits per heavy atom. The van der Waals surface area contributed by atoms with Gasteiger partial charge in [0.25, 0.3) is 0 Å². The van der Waals surface area contributed by atoms with Crippen LogP contribution in [-0.4, -0.2) is 59.7 Å². The van der Waals surface area contributed by atoms with Crippen LogP contribution >= 0.6 is 0 Å². The van der Waals surface area contributed by atoms with Crippen LogP contribution in [0.3, 0.4) is 0 Å². The lowest BCUT2D eigenvalue weighted by atomic mass is 9.84. The summed E-state index contributed by atoms with van der Waals surface area (Å²) in [5.74, 6) is -0.776. The van der Waals surface area contributed by atoms with E-state index in [-0.39, 0.29) is 30.9 Å². The quantitative estimate of drug-likeness (QED) is 0.280. The van der Waals surface area contributed by atoms with Crippen LogP contribution in [0.4, 0.5) is 4.79 Å². The molecule has 1 aliphatic heterocycles. The monoisotopic (exact) mass is 528 g/mol. The average molecular weight is 529 g/mol. The van der Waals surface area contributed by atoms with Gasteiger partial charge in [0.2, 0.25) is 17.7 Å². The molecule has 3 aliphatic rings. The van der Waals surface area contributed by atoms with Crippen LogP contribution in [0, 0.1) is 11.8 Å². The van der Waals surface area contributed by atoms with E-state index in [0.29, 0.717) is 44.6 Å². The summed E-state index contributed by atoms with van der Waals surface area (Å²) in [6.45, 7) is 0.399. The molecule has 2 aliphatic carbocycles. The van der Waals surface area contributed by atoms with E-state index < -0.39 is 29.6 Å². The average Bonchev–Trinajstić information content (AvgIpc) is 3.61. The van der Waals surface area contributed by atoms with Crippen molar-refractivity contribution >= 4 is 23.8 Å². The Morgan fingerprint density at radius 3 is 2.39 bits per heavy atom. The number of aliphatic hydroxyl groups excluding tert-OH is 1. The minimum atomic E-state index is -1.09. The highest BCUT2D eigenvalue weighted by molar-refractivity contribution is 5.96. The second-order valence-electron chi connectivity index (χ2n) is 10.9. The van der Waals surface area contributed by atoms with E-state index in [4.69, 9.17) is 4.74 Å². The summed E-state index contributed by atoms with van der Waals surface area (Å²) in [5, 5.41) is 21.1. The molecule has 1 heterocycles. The van der Waals surface area contributed by atoms with Gasteiger partial charge in [-0.1, -0.05) is 62.4 Å². The Kier molecular flexibility index (Phi) is 9.60. The van der Waals surface area contributed by atoms with E-state index in [9.17, 15) is 24.3 Å². The highest BCUT2D eigenvalue weighted by Gasteiger charge is 2.52. The molecule has 38 heavy (non-hydrogen) atoms. The van der Waals surface area contributed by atoms with Crippen molar-refractivity contribution in [2.45, 2.75) is 88.4 Å². The maximum Gasteiger partial charge on any atom is 0.408 e. The van der Waals surface area contributed by atoms with Crippen molar-refractivity contribution in [3.63, 3.8) is 0 Å². The molecule has 4 rings (SSSR count). The molecule has 1 aromatic rings. The van der Waals surface area contributed by atoms with Gasteiger partial charge in [0.05, 0.1) is 12.6 Å². The van der Waals surface area contributed by atoms with Crippen LogP contribution in [0.5, 0.6) is 0 Å². The number of alkyl carbamates (subject to hydrolysis) is 1. The van der Waals surface area contributed by atoms with Gasteiger partial charge >= 0.3 is 6.09 Å². The predicted octanol–water partition coefficient (Wildman–Crippen LogP) is 1.90. The molecule has 3 fully saturated rings. The SMILES string of the molecule is O=C(NC1(C(=O)N[C@@H](CC2CCCCC2)C(=O)N[C@H](CO)C[C@@H]2CCNC2=O)CC1)OCc1ccccc1. The number of nitrogens with one attached hydrogen (secondary N) is 4. The Balaban J connectivity index is 1.35. The maximum atomic E-state index is 13.4. The zero-order valence-electron chi connectivity index (χ0n) is 21.9. The van der Waals surface area contributed by atoms with Gasteiger partial charge in [-0.2, -0.15) is 0 Å². The molecule has 0 unspecified atom stereocenters. The fraction of sp³-hybridized carbons (Fsp3) is 0.643. The molecule has 0 spiro atoms. The van der Waals surface area contributed by atoms with E-state index >= 15 is 0 Å². The number of hydrogen-bond acceptors (Lipinski definition) is 6. The van der Waals surface area contributed by atoms with Crippen molar-refractivity contribution in [2.24, 2.45) is 11.8 Å². The number of benzene rings is 1. The highest BCUT2D eigenvalue weighted by Crippen LogP contribution is 2.36. The third-order valence-electron chi connectivity index (χ3n) is 7.95. The van der Waals surface area contributed by atoms with E-state index in [1.807, 2.05) is 30.3 Å². The summed E-state index contributed by atoms with van der Waals surface area (Å²) in [5.41, 5.74) is -0.244. The lowest BCUT2D eigenvalue weighted by molar-refractivity contribution is -0.131. The molecule has 0 radical (unpaired) electrons. The van der Waals surface area contributed by atoms with E-state index in [2.05, 4.69) is 21.3 Å². The molecule has 2 saturated carbocycles. The van der Waals surface area contributed by atoms with E-state index in [0.717, 1.165) is 31.2 Å². The van der Waals surface area contributed by atoms with Crippen LogP contribution in [0.15, 0.2) is 30.3 Å². The van der Waals surface area contributed by atoms with Crippen molar-refractivity contribution < 1.29 is 29.0 Å². The molecule has 0 aromatic heterocycles. The summed E-state index contributed by atoms with van der Waals surface area (Å²) in [6.07, 6.45) is 7.14. The number of rotatable bonds is 12. The summed E-state index contributed by atoms with van der Waals surface area (Å²) < 4.78 is 5.30. The topological polar surface area (TPSA) is 146 Å². The third-order valence-corrected chi connectivity index (χ3v) is 7.95. The predicted molar refractivity (Wildman–Crippen MR) is 140 cm³/mol. The number of carbonyl (C=O) groups is 4. The second kappa shape index (κ2) is 13.1. The van der Waals surface area contributed by atoms with Crippen LogP contribution in [0.25, 0.3) is 0 Å². The van der Waals surface area contributed by atoms with Crippen molar-refractivity contribution in [2.75, 3.05) is 13.2 Å². The van der Waals surface area contributed by atoms with Gasteiger partial charge in [-0.05, 0) is 43.6 Å². The van der Waals surface area contributed by atoms with Gasteiger partial charge in [-0.15, -0.1) is 0 Å². The molecule has 3 atom stereocenters. The number of carbonyl (C=O) groups excluding carboxylic acids is 4. The number of hydrogen-bond donors (Lipinski definition) is 5. The number of ether oxygens (including phenoxy) is 1. The van der Waals surface area contributed by atoms with Gasteiger partial charge in [-0.3, -0.25) is 14.4 Å². The fourth-order valence-electron chi connectivity index (χ4n) is 5.47. The molecule has 0 bridgehead atoms. The van der Waals surface area contributed by atoms with E-state index in [1.165, 1.54) is 6.42 Å². The minimum Gasteiger partial charge on any atom is -0.445 e. The van der Waals surface area contributed by atoms with Crippen LogP contribution < -0.4 is 21.3 Å². The molecule has 4 amide bonds. The summed E-state index contributed by atoms with van der Waals surface area (Å²) in [4.78, 5) is 51.1. The molecule has 208 valence electrons. The van der Waals surface area contributed by atoms with Gasteiger partial charge in [0.1, 0.15) is 18.2 Å². The van der Waals surface area contributed by atoms with Gasteiger partial charge in [0.15, 0.2) is 0 Å². The summed E-state index contributed by atoms with van der Waals surface area (Å²) >= 11 is 0. The summed E-state index contributed by atoms with van der Waals surface area (Å²) in [6, 6.07) is 7.91. The molecule has 10 nitrogen and oxygen atoms in total. The minimum absolute atomic E-state index is 0.0642. The smallest absolute Gasteiger partial charge is 0.408 e. The Labute approximate surface area is 223 Å². The van der Waals surface area contributed by atoms with Gasteiger partial charge in [0, 0.05) is 12.5 Å². The maximum absolute atomic E-state index is 13.4. The molecule has 5 N–H and O–H groups in total. The van der Waals surface area contributed by atoms with Crippen molar-refractivity contribution in [1.29, 1.82) is 0 Å². The standard InChI is InChI=1S/C28H40N4O6/c33-17-22(16-21-11-14-29-24(21)34)30-25(35)23(15-19-7-3-1-4-8-19)31-26(36)28(12-13-28)32-27(37)38-18-20-9-5-2-6-10-20/h2,5-6,9-10,19,21-23,33H,1,3-4,7-8,11-18H2,(H,29,34)(H,30,35)(H,31,36)(H,32,37)/t21-,22-,23-/m0/s1. The first-order valence-electron chi connectivity index (χ1n) is 13.9. The lowest BCUT2D eigenvalue weighted by Gasteiger charge is -2.29. The van der Waals surface area contributed by atoms with Crippen molar-refractivity contribution in [3.8, 4) is 0 Å². The zero-order valence-corrected chi connectivity index (χ0v) is 21.9. The van der Waals surface area contributed by atoms with Crippen LogP contribution in [0.2, 0.25) is 0 Å². The van der Waals surface area contributed by atoms with E-state index in [1.54, 1.807) is 0 Å². The first-order valence-corrected chi connectivity index (χ1v) is 13.9. The van der Waals surface area contributed by atoms with Gasteiger partial charge in [-0.25, -0.2) is 4.79 Å². The van der Waals surface area contributed by atoms with Crippen molar-refractivity contribution in [3.05, 3.63) is 35.9 Å². The highest BCUT2D eigenvalue weighted by atomic mass is 16.5. The largest absolute Gasteiger partial charge is 0.445 e. The Morgan fingerprint density at radius 2 is 1.76 bits per heavy atom. The van der Waals surface area contributed by atoms with Crippen LogP contribution in [0.1, 0.15) is 69.8 Å². The summed E-state index contributed by atoms with van der Waals surface area (Å²) in [7, 11) is 0. The number of aliphatic hydroxyl groups is 1. The number of amides is 4. The molecular weight excluding hydrogens is 488 g/mol. The Hall–Kier alpha value is -3.14. The molecule has 1 saturated heterocycles. The van der Waals surface area contributed by atoms with Crippen molar-refractivity contribution in [1.82, 2.24) is 21.3 Å². The zero-order chi connectivity index (χ0) is 27.0. The van der Waals surface area contributed by atoms with Crippen LogP contribution in [-0.2, 0) is 25.7 Å². The molecule has 10 heteroatoms. The lowest BCUT2D eigenvalue weighted by Crippen LogP contribution is -2.57. The Bertz CT molecular complexity index is 977. The third kappa shape index (κ3) is 7.69. The molecule has 1 aromatic carbocycles. The second-order valence-corrected chi connectivity index (χ2v) is 10.9. The fourth-order valence-corrected chi connectivity index (χ4v) is 5.47. The van der Waals surface area contributed by atoms with Gasteiger partial charge < -0.3 is 31.1 Å². The normalized spacial score (nSPS) is 22.0.